The van der Waals surface area contributed by atoms with Gasteiger partial charge in [-0.15, -0.1) is 5.10 Å². The zero-order valence-corrected chi connectivity index (χ0v) is 17.7. The summed E-state index contributed by atoms with van der Waals surface area (Å²) in [6.07, 6.45) is 0. The van der Waals surface area contributed by atoms with Crippen molar-refractivity contribution < 1.29 is 14.2 Å². The van der Waals surface area contributed by atoms with E-state index in [0.717, 1.165) is 15.9 Å². The van der Waals surface area contributed by atoms with E-state index in [9.17, 15) is 9.59 Å². The molecule has 4 aromatic rings. The van der Waals surface area contributed by atoms with E-state index in [1.165, 1.54) is 11.6 Å². The molecule has 9 heteroatoms. The molecule has 31 heavy (non-hydrogen) atoms. The van der Waals surface area contributed by atoms with Gasteiger partial charge in [-0.05, 0) is 42.0 Å². The molecular formula is C22H22N4O5. The van der Waals surface area contributed by atoms with Crippen molar-refractivity contribution in [3.63, 3.8) is 0 Å². The normalized spacial score (nSPS) is 11.0. The van der Waals surface area contributed by atoms with Crippen molar-refractivity contribution in [2.75, 3.05) is 14.2 Å². The molecule has 0 aliphatic heterocycles. The SMILES string of the molecule is COc1ccc(Cn2nc(Oc3ccc(OC)cc3)c3c2c(=O)n(C)c(=O)n3C)cc1. The van der Waals surface area contributed by atoms with Crippen LogP contribution in [0.2, 0.25) is 0 Å². The lowest BCUT2D eigenvalue weighted by Crippen LogP contribution is -2.37. The third-order valence-electron chi connectivity index (χ3n) is 5.08. The van der Waals surface area contributed by atoms with Crippen molar-refractivity contribution in [2.24, 2.45) is 14.1 Å². The molecule has 0 aliphatic carbocycles. The van der Waals surface area contributed by atoms with Crippen LogP contribution in [0.15, 0.2) is 58.1 Å². The van der Waals surface area contributed by atoms with E-state index >= 15 is 0 Å². The second-order valence-corrected chi connectivity index (χ2v) is 6.99. The lowest BCUT2D eigenvalue weighted by Gasteiger charge is -2.07. The summed E-state index contributed by atoms with van der Waals surface area (Å²) in [5, 5.41) is 4.53. The minimum Gasteiger partial charge on any atom is -0.497 e. The summed E-state index contributed by atoms with van der Waals surface area (Å²) >= 11 is 0. The molecule has 0 bridgehead atoms. The molecule has 2 aromatic carbocycles. The minimum absolute atomic E-state index is 0.172. The van der Waals surface area contributed by atoms with Gasteiger partial charge >= 0.3 is 5.69 Å². The van der Waals surface area contributed by atoms with Crippen molar-refractivity contribution in [3.8, 4) is 23.1 Å². The molecule has 4 rings (SSSR count). The van der Waals surface area contributed by atoms with Gasteiger partial charge in [0.15, 0.2) is 5.52 Å². The number of hydrogen-bond donors (Lipinski definition) is 0. The maximum Gasteiger partial charge on any atom is 0.331 e. The van der Waals surface area contributed by atoms with Crippen molar-refractivity contribution in [1.29, 1.82) is 0 Å². The smallest absolute Gasteiger partial charge is 0.331 e. The molecule has 2 heterocycles. The maximum absolute atomic E-state index is 13.0. The van der Waals surface area contributed by atoms with Crippen LogP contribution in [0.5, 0.6) is 23.1 Å². The summed E-state index contributed by atoms with van der Waals surface area (Å²) in [4.78, 5) is 25.5. The molecule has 160 valence electrons. The Morgan fingerprint density at radius 3 is 1.90 bits per heavy atom. The van der Waals surface area contributed by atoms with Crippen LogP contribution >= 0.6 is 0 Å². The van der Waals surface area contributed by atoms with Gasteiger partial charge in [-0.25, -0.2) is 9.48 Å². The zero-order chi connectivity index (χ0) is 22.1. The highest BCUT2D eigenvalue weighted by molar-refractivity contribution is 5.80. The molecule has 0 amide bonds. The minimum atomic E-state index is -0.457. The standard InChI is InChI=1S/C22H22N4O5/c1-24-18-19(21(27)25(2)22(24)28)26(13-14-5-7-15(29-3)8-6-14)23-20(18)31-17-11-9-16(30-4)10-12-17/h5-12H,13H2,1-4H3. The van der Waals surface area contributed by atoms with Gasteiger partial charge in [0, 0.05) is 14.1 Å². The van der Waals surface area contributed by atoms with E-state index < -0.39 is 11.2 Å². The fourth-order valence-corrected chi connectivity index (χ4v) is 3.35. The molecular weight excluding hydrogens is 400 g/mol. The summed E-state index contributed by atoms with van der Waals surface area (Å²) in [5.41, 5.74) is 0.628. The van der Waals surface area contributed by atoms with E-state index in [-0.39, 0.29) is 11.4 Å². The number of nitrogens with zero attached hydrogens (tertiary/aromatic N) is 4. The second-order valence-electron chi connectivity index (χ2n) is 6.99. The number of aromatic nitrogens is 4. The molecule has 0 unspecified atom stereocenters. The third-order valence-corrected chi connectivity index (χ3v) is 5.08. The molecule has 0 aliphatic rings. The first-order valence-corrected chi connectivity index (χ1v) is 9.54. The topological polar surface area (TPSA) is 89.5 Å². The van der Waals surface area contributed by atoms with E-state index in [1.807, 2.05) is 24.3 Å². The molecule has 0 saturated carbocycles. The van der Waals surface area contributed by atoms with Gasteiger partial charge in [-0.1, -0.05) is 12.1 Å². The fourth-order valence-electron chi connectivity index (χ4n) is 3.35. The van der Waals surface area contributed by atoms with E-state index in [1.54, 1.807) is 50.2 Å². The van der Waals surface area contributed by atoms with Gasteiger partial charge in [0.2, 0.25) is 0 Å². The molecule has 0 radical (unpaired) electrons. The summed E-state index contributed by atoms with van der Waals surface area (Å²) < 4.78 is 20.3. The zero-order valence-electron chi connectivity index (χ0n) is 17.7. The van der Waals surface area contributed by atoms with Crippen LogP contribution in [-0.4, -0.2) is 33.1 Å². The predicted molar refractivity (Wildman–Crippen MR) is 115 cm³/mol. The Bertz CT molecular complexity index is 1350. The van der Waals surface area contributed by atoms with Crippen LogP contribution in [0.1, 0.15) is 5.56 Å². The van der Waals surface area contributed by atoms with Crippen LogP contribution in [0.25, 0.3) is 11.0 Å². The van der Waals surface area contributed by atoms with Crippen molar-refractivity contribution in [2.45, 2.75) is 6.54 Å². The molecule has 0 N–H and O–H groups in total. The Kier molecular flexibility index (Phi) is 5.24. The van der Waals surface area contributed by atoms with Crippen molar-refractivity contribution >= 4 is 11.0 Å². The van der Waals surface area contributed by atoms with Gasteiger partial charge in [-0.3, -0.25) is 13.9 Å². The Morgan fingerprint density at radius 2 is 1.32 bits per heavy atom. The largest absolute Gasteiger partial charge is 0.497 e. The summed E-state index contributed by atoms with van der Waals surface area (Å²) in [6.45, 7) is 0.319. The molecule has 2 aromatic heterocycles. The number of ether oxygens (including phenoxy) is 3. The van der Waals surface area contributed by atoms with Crippen LogP contribution in [-0.2, 0) is 20.6 Å². The van der Waals surface area contributed by atoms with Gasteiger partial charge < -0.3 is 14.2 Å². The molecule has 0 fully saturated rings. The number of benzene rings is 2. The summed E-state index contributed by atoms with van der Waals surface area (Å²) in [6, 6.07) is 14.4. The number of rotatable bonds is 6. The highest BCUT2D eigenvalue weighted by Crippen LogP contribution is 2.28. The van der Waals surface area contributed by atoms with Crippen LogP contribution < -0.4 is 25.5 Å². The molecule has 0 saturated heterocycles. The Labute approximate surface area is 177 Å². The average Bonchev–Trinajstić information content (AvgIpc) is 3.14. The summed E-state index contributed by atoms with van der Waals surface area (Å²) in [5.74, 6) is 2.09. The Balaban J connectivity index is 1.85. The first-order chi connectivity index (χ1) is 14.9. The van der Waals surface area contributed by atoms with Gasteiger partial charge in [0.05, 0.1) is 20.8 Å². The van der Waals surface area contributed by atoms with Crippen LogP contribution in [0.4, 0.5) is 0 Å². The lowest BCUT2D eigenvalue weighted by atomic mass is 10.2. The van der Waals surface area contributed by atoms with Gasteiger partial charge in [-0.2, -0.15) is 0 Å². The number of aryl methyl sites for hydroxylation is 1. The number of hydrogen-bond acceptors (Lipinski definition) is 6. The number of fused-ring (bicyclic) bond motifs is 1. The first-order valence-electron chi connectivity index (χ1n) is 9.54. The highest BCUT2D eigenvalue weighted by atomic mass is 16.5. The Hall–Kier alpha value is -4.01. The van der Waals surface area contributed by atoms with Gasteiger partial charge in [0.1, 0.15) is 22.8 Å². The summed E-state index contributed by atoms with van der Waals surface area (Å²) in [7, 11) is 6.21. The quantitative estimate of drug-likeness (QED) is 0.474. The van der Waals surface area contributed by atoms with Crippen molar-refractivity contribution in [3.05, 3.63) is 74.9 Å². The third kappa shape index (κ3) is 3.65. The average molecular weight is 422 g/mol. The predicted octanol–water partition coefficient (Wildman–Crippen LogP) is 2.29. The number of methoxy groups -OCH3 is 2. The van der Waals surface area contributed by atoms with E-state index in [0.29, 0.717) is 23.6 Å². The highest BCUT2D eigenvalue weighted by Gasteiger charge is 2.21. The van der Waals surface area contributed by atoms with Gasteiger partial charge in [0.25, 0.3) is 11.4 Å². The van der Waals surface area contributed by atoms with Crippen LogP contribution in [0.3, 0.4) is 0 Å². The maximum atomic E-state index is 13.0. The monoisotopic (exact) mass is 422 g/mol. The van der Waals surface area contributed by atoms with E-state index in [4.69, 9.17) is 14.2 Å². The van der Waals surface area contributed by atoms with Crippen molar-refractivity contribution in [1.82, 2.24) is 18.9 Å². The molecule has 0 atom stereocenters. The van der Waals surface area contributed by atoms with E-state index in [2.05, 4.69) is 5.10 Å². The first kappa shape index (κ1) is 20.3. The molecule has 9 nitrogen and oxygen atoms in total. The fraction of sp³-hybridized carbons (Fsp3) is 0.227. The Morgan fingerprint density at radius 1 is 0.774 bits per heavy atom. The second kappa shape index (κ2) is 8.02. The lowest BCUT2D eigenvalue weighted by molar-refractivity contribution is 0.411. The molecule has 0 spiro atoms. The van der Waals surface area contributed by atoms with Crippen LogP contribution in [0, 0.1) is 0 Å².